The number of methoxy groups -OCH3 is 1. The van der Waals surface area contributed by atoms with E-state index < -0.39 is 0 Å². The van der Waals surface area contributed by atoms with E-state index in [0.717, 1.165) is 60.9 Å². The molecule has 0 radical (unpaired) electrons. The molecule has 3 aromatic heterocycles. The lowest BCUT2D eigenvalue weighted by molar-refractivity contribution is 0.0919. The number of hydrogen-bond donors (Lipinski definition) is 1. The highest BCUT2D eigenvalue weighted by atomic mass is 35.5. The molecule has 1 aromatic carbocycles. The molecule has 0 spiro atoms. The first-order valence-corrected chi connectivity index (χ1v) is 13.9. The zero-order valence-electron chi connectivity index (χ0n) is 22.4. The number of aryl methyl sites for hydroxylation is 2. The van der Waals surface area contributed by atoms with Gasteiger partial charge in [-0.3, -0.25) is 23.9 Å². The lowest BCUT2D eigenvalue weighted by atomic mass is 9.85. The van der Waals surface area contributed by atoms with E-state index in [9.17, 15) is 9.59 Å². The summed E-state index contributed by atoms with van der Waals surface area (Å²) in [7, 11) is 1.70. The highest BCUT2D eigenvalue weighted by molar-refractivity contribution is 6.30. The van der Waals surface area contributed by atoms with Crippen molar-refractivity contribution in [3.63, 3.8) is 0 Å². The number of carbonyl (C=O) groups is 1. The Morgan fingerprint density at radius 3 is 2.56 bits per heavy atom. The van der Waals surface area contributed by atoms with Crippen LogP contribution in [-0.2, 0) is 17.7 Å². The Hall–Kier alpha value is -3.49. The number of carbonyl (C=O) groups excluding carboxylic acids is 1. The number of nitrogens with zero attached hydrogens (tertiary/aromatic N) is 4. The molecule has 9 heteroatoms. The van der Waals surface area contributed by atoms with E-state index in [-0.39, 0.29) is 17.6 Å². The average Bonchev–Trinajstić information content (AvgIpc) is 3.22. The standard InChI is InChI=1S/C30H34ClN5O3/c1-20-26(16-22(31)17-32-20)29(37)34-24-11-9-21(10-12-24)19-35-27-7-3-4-8-28(27)36(30(35)38)25-14-13-23(33-18-25)6-5-15-39-2/h3-4,7-8,13-14,16-18,21,24H,5-6,9-12,15,19H2,1-2H3,(H,34,37). The van der Waals surface area contributed by atoms with E-state index in [2.05, 4.69) is 15.3 Å². The van der Waals surface area contributed by atoms with Gasteiger partial charge in [0.25, 0.3) is 5.91 Å². The number of hydrogen-bond acceptors (Lipinski definition) is 5. The van der Waals surface area contributed by atoms with Gasteiger partial charge in [-0.05, 0) is 81.7 Å². The first-order chi connectivity index (χ1) is 18.9. The molecule has 1 fully saturated rings. The van der Waals surface area contributed by atoms with Crippen LogP contribution in [0.3, 0.4) is 0 Å². The second-order valence-corrected chi connectivity index (χ2v) is 10.7. The van der Waals surface area contributed by atoms with Crippen LogP contribution >= 0.6 is 11.6 Å². The predicted octanol–water partition coefficient (Wildman–Crippen LogP) is 5.11. The maximum Gasteiger partial charge on any atom is 0.333 e. The van der Waals surface area contributed by atoms with Crippen LogP contribution in [0.4, 0.5) is 0 Å². The second-order valence-electron chi connectivity index (χ2n) is 10.3. The smallest absolute Gasteiger partial charge is 0.333 e. The van der Waals surface area contributed by atoms with Crippen molar-refractivity contribution < 1.29 is 9.53 Å². The minimum absolute atomic E-state index is 0.0514. The molecule has 204 valence electrons. The quantitative estimate of drug-likeness (QED) is 0.294. The van der Waals surface area contributed by atoms with Gasteiger partial charge in [0.05, 0.1) is 39.2 Å². The molecule has 0 saturated heterocycles. The van der Waals surface area contributed by atoms with Gasteiger partial charge in [0.1, 0.15) is 0 Å². The van der Waals surface area contributed by atoms with Gasteiger partial charge in [-0.1, -0.05) is 23.7 Å². The van der Waals surface area contributed by atoms with Crippen LogP contribution < -0.4 is 11.0 Å². The van der Waals surface area contributed by atoms with Crippen molar-refractivity contribution in [2.24, 2.45) is 5.92 Å². The van der Waals surface area contributed by atoms with Crippen LogP contribution in [0.1, 0.15) is 53.8 Å². The molecule has 3 heterocycles. The van der Waals surface area contributed by atoms with Crippen LogP contribution in [0.5, 0.6) is 0 Å². The third kappa shape index (κ3) is 6.07. The van der Waals surface area contributed by atoms with Crippen molar-refractivity contribution >= 4 is 28.5 Å². The minimum atomic E-state index is -0.136. The first kappa shape index (κ1) is 27.1. The molecule has 0 unspecified atom stereocenters. The van der Waals surface area contributed by atoms with E-state index in [1.54, 1.807) is 30.1 Å². The number of rotatable bonds is 9. The number of halogens is 1. The van der Waals surface area contributed by atoms with Crippen molar-refractivity contribution in [1.29, 1.82) is 0 Å². The monoisotopic (exact) mass is 547 g/mol. The Labute approximate surface area is 233 Å². The van der Waals surface area contributed by atoms with Crippen molar-refractivity contribution in [3.8, 4) is 5.69 Å². The van der Waals surface area contributed by atoms with Crippen LogP contribution in [0.15, 0.2) is 59.7 Å². The summed E-state index contributed by atoms with van der Waals surface area (Å²) in [5.74, 6) is 0.217. The van der Waals surface area contributed by atoms with Gasteiger partial charge in [-0.2, -0.15) is 0 Å². The molecule has 1 amide bonds. The zero-order valence-corrected chi connectivity index (χ0v) is 23.2. The van der Waals surface area contributed by atoms with Gasteiger partial charge in [0, 0.05) is 38.2 Å². The van der Waals surface area contributed by atoms with Crippen molar-refractivity contribution in [1.82, 2.24) is 24.4 Å². The van der Waals surface area contributed by atoms with Crippen LogP contribution in [0.25, 0.3) is 16.7 Å². The molecule has 1 aliphatic rings. The summed E-state index contributed by atoms with van der Waals surface area (Å²) in [4.78, 5) is 35.3. The van der Waals surface area contributed by atoms with E-state index in [1.807, 2.05) is 47.9 Å². The topological polar surface area (TPSA) is 91.0 Å². The molecule has 1 N–H and O–H groups in total. The molecule has 1 aliphatic carbocycles. The van der Waals surface area contributed by atoms with Gasteiger partial charge in [0.2, 0.25) is 0 Å². The molecule has 8 nitrogen and oxygen atoms in total. The molecule has 0 atom stereocenters. The fourth-order valence-electron chi connectivity index (χ4n) is 5.48. The Morgan fingerprint density at radius 1 is 1.08 bits per heavy atom. The Bertz CT molecular complexity index is 1500. The summed E-state index contributed by atoms with van der Waals surface area (Å²) < 4.78 is 8.79. The highest BCUT2D eigenvalue weighted by Crippen LogP contribution is 2.28. The van der Waals surface area contributed by atoms with Gasteiger partial charge >= 0.3 is 5.69 Å². The summed E-state index contributed by atoms with van der Waals surface area (Å²) in [5.41, 5.74) is 4.68. The molecular weight excluding hydrogens is 514 g/mol. The van der Waals surface area contributed by atoms with Gasteiger partial charge in [-0.15, -0.1) is 0 Å². The first-order valence-electron chi connectivity index (χ1n) is 13.5. The predicted molar refractivity (Wildman–Crippen MR) is 153 cm³/mol. The largest absolute Gasteiger partial charge is 0.385 e. The van der Waals surface area contributed by atoms with Crippen molar-refractivity contribution in [2.75, 3.05) is 13.7 Å². The number of fused-ring (bicyclic) bond motifs is 1. The number of ether oxygens (including phenoxy) is 1. The van der Waals surface area contributed by atoms with E-state index in [4.69, 9.17) is 16.3 Å². The number of amides is 1. The van der Waals surface area contributed by atoms with E-state index in [1.165, 1.54) is 0 Å². The summed E-state index contributed by atoms with van der Waals surface area (Å²) in [5, 5.41) is 3.60. The van der Waals surface area contributed by atoms with Crippen molar-refractivity contribution in [3.05, 3.63) is 87.3 Å². The number of imidazole rings is 1. The maximum absolute atomic E-state index is 13.7. The lowest BCUT2D eigenvalue weighted by Gasteiger charge is -2.29. The van der Waals surface area contributed by atoms with Crippen LogP contribution in [0.2, 0.25) is 5.02 Å². The Kier molecular flexibility index (Phi) is 8.43. The number of nitrogens with one attached hydrogen (secondary N) is 1. The summed E-state index contributed by atoms with van der Waals surface area (Å²) in [6.45, 7) is 3.15. The van der Waals surface area contributed by atoms with Gasteiger partial charge in [0.15, 0.2) is 0 Å². The zero-order chi connectivity index (χ0) is 27.4. The molecule has 1 saturated carbocycles. The number of para-hydroxylation sites is 2. The normalized spacial score (nSPS) is 17.4. The molecule has 39 heavy (non-hydrogen) atoms. The SMILES string of the molecule is COCCCc1ccc(-n2c(=O)n(CC3CCC(NC(=O)c4cc(Cl)cnc4C)CC3)c3ccccc32)cn1. The number of aromatic nitrogens is 4. The number of pyridine rings is 2. The summed E-state index contributed by atoms with van der Waals surface area (Å²) in [6.07, 6.45) is 8.67. The lowest BCUT2D eigenvalue weighted by Crippen LogP contribution is -2.39. The van der Waals surface area contributed by atoms with Crippen molar-refractivity contribution in [2.45, 2.75) is 58.0 Å². The maximum atomic E-state index is 13.7. The average molecular weight is 548 g/mol. The summed E-state index contributed by atoms with van der Waals surface area (Å²) in [6, 6.07) is 13.6. The molecular formula is C30H34ClN5O3. The van der Waals surface area contributed by atoms with Gasteiger partial charge < -0.3 is 10.1 Å². The second kappa shape index (κ2) is 12.1. The van der Waals surface area contributed by atoms with Crippen LogP contribution in [0, 0.1) is 12.8 Å². The third-order valence-electron chi connectivity index (χ3n) is 7.61. The molecule has 4 aromatic rings. The fraction of sp³-hybridized carbons (Fsp3) is 0.400. The summed E-state index contributed by atoms with van der Waals surface area (Å²) >= 11 is 6.05. The minimum Gasteiger partial charge on any atom is -0.385 e. The van der Waals surface area contributed by atoms with Crippen LogP contribution in [-0.4, -0.2) is 44.8 Å². The fourth-order valence-corrected chi connectivity index (χ4v) is 5.63. The Morgan fingerprint density at radius 2 is 1.85 bits per heavy atom. The third-order valence-corrected chi connectivity index (χ3v) is 7.81. The Balaban J connectivity index is 1.28. The van der Waals surface area contributed by atoms with E-state index >= 15 is 0 Å². The molecule has 5 rings (SSSR count). The van der Waals surface area contributed by atoms with E-state index in [0.29, 0.717) is 35.3 Å². The van der Waals surface area contributed by atoms with Gasteiger partial charge in [-0.25, -0.2) is 4.79 Å². The molecule has 0 bridgehead atoms. The number of benzene rings is 1. The molecule has 0 aliphatic heterocycles. The highest BCUT2D eigenvalue weighted by Gasteiger charge is 2.25.